The Morgan fingerprint density at radius 2 is 1.57 bits per heavy atom. The number of ether oxygens (including phenoxy) is 1. The van der Waals surface area contributed by atoms with Gasteiger partial charge in [-0.15, -0.1) is 0 Å². The van der Waals surface area contributed by atoms with E-state index in [1.165, 1.54) is 19.3 Å². The molecule has 0 bridgehead atoms. The van der Waals surface area contributed by atoms with Gasteiger partial charge in [-0.05, 0) is 96.5 Å². The largest absolute Gasteiger partial charge is 0.378 e. The quantitative estimate of drug-likeness (QED) is 0.455. The van der Waals surface area contributed by atoms with Gasteiger partial charge in [0.2, 0.25) is 0 Å². The molecule has 1 saturated carbocycles. The van der Waals surface area contributed by atoms with Crippen molar-refractivity contribution < 1.29 is 9.53 Å². The minimum absolute atomic E-state index is 0.0958. The zero-order chi connectivity index (χ0) is 29.5. The first-order valence-corrected chi connectivity index (χ1v) is 16.2. The van der Waals surface area contributed by atoms with E-state index in [0.29, 0.717) is 6.04 Å². The van der Waals surface area contributed by atoms with Crippen LogP contribution < -0.4 is 15.1 Å². The van der Waals surface area contributed by atoms with Crippen LogP contribution in [0.4, 0.5) is 16.4 Å². The molecular formula is C33H51N7O2. The lowest BCUT2D eigenvalue weighted by atomic mass is 9.84. The average Bonchev–Trinajstić information content (AvgIpc) is 3.01. The van der Waals surface area contributed by atoms with Crippen LogP contribution >= 0.6 is 0 Å². The summed E-state index contributed by atoms with van der Waals surface area (Å²) in [6.45, 7) is 16.9. The van der Waals surface area contributed by atoms with Gasteiger partial charge in [0.1, 0.15) is 11.6 Å². The molecule has 3 fully saturated rings. The van der Waals surface area contributed by atoms with E-state index < -0.39 is 0 Å². The van der Waals surface area contributed by atoms with Crippen molar-refractivity contribution in [3.05, 3.63) is 36.5 Å². The number of morpholine rings is 1. The predicted molar refractivity (Wildman–Crippen MR) is 170 cm³/mol. The van der Waals surface area contributed by atoms with E-state index >= 15 is 0 Å². The fourth-order valence-electron chi connectivity index (χ4n) is 6.78. The van der Waals surface area contributed by atoms with Crippen LogP contribution in [-0.4, -0.2) is 103 Å². The summed E-state index contributed by atoms with van der Waals surface area (Å²) in [4.78, 5) is 31.9. The zero-order valence-corrected chi connectivity index (χ0v) is 26.2. The molecule has 3 aliphatic rings. The molecule has 9 nitrogen and oxygen atoms in total. The molecule has 0 atom stereocenters. The first kappa shape index (κ1) is 30.5. The van der Waals surface area contributed by atoms with Crippen LogP contribution in [0, 0.1) is 5.92 Å². The predicted octanol–water partition coefficient (Wildman–Crippen LogP) is 4.88. The van der Waals surface area contributed by atoms with E-state index in [4.69, 9.17) is 9.72 Å². The van der Waals surface area contributed by atoms with Crippen molar-refractivity contribution in [3.8, 4) is 11.3 Å². The second-order valence-electron chi connectivity index (χ2n) is 12.8. The summed E-state index contributed by atoms with van der Waals surface area (Å²) in [6.07, 6.45) is 7.72. The SMILES string of the molecule is CC(C)N(C(=O)N[C@H]1CC[C@H](CCN2CCN(c3cc(-c4ccccn4)cc(N4CCOCC4)n3)CC2)CC1)C(C)C. The number of anilines is 2. The van der Waals surface area contributed by atoms with E-state index in [0.717, 1.165) is 101 Å². The molecule has 0 aromatic carbocycles. The molecule has 0 spiro atoms. The number of aromatic nitrogens is 2. The number of rotatable bonds is 9. The van der Waals surface area contributed by atoms with Gasteiger partial charge in [0.25, 0.3) is 0 Å². The lowest BCUT2D eigenvalue weighted by Gasteiger charge is -2.38. The monoisotopic (exact) mass is 577 g/mol. The van der Waals surface area contributed by atoms with E-state index in [9.17, 15) is 4.79 Å². The fraction of sp³-hybridized carbons (Fsp3) is 0.667. The summed E-state index contributed by atoms with van der Waals surface area (Å²) >= 11 is 0. The van der Waals surface area contributed by atoms with Gasteiger partial charge in [-0.3, -0.25) is 9.88 Å². The van der Waals surface area contributed by atoms with Crippen molar-refractivity contribution in [1.29, 1.82) is 0 Å². The van der Waals surface area contributed by atoms with Crippen LogP contribution in [0.3, 0.4) is 0 Å². The van der Waals surface area contributed by atoms with Crippen molar-refractivity contribution in [2.75, 3.05) is 68.8 Å². The highest BCUT2D eigenvalue weighted by molar-refractivity contribution is 5.75. The van der Waals surface area contributed by atoms with Crippen molar-refractivity contribution in [3.63, 3.8) is 0 Å². The van der Waals surface area contributed by atoms with Crippen LogP contribution in [0.25, 0.3) is 11.3 Å². The van der Waals surface area contributed by atoms with E-state index in [-0.39, 0.29) is 18.1 Å². The zero-order valence-electron chi connectivity index (χ0n) is 26.2. The number of carbonyl (C=O) groups is 1. The van der Waals surface area contributed by atoms with Crippen LogP contribution in [0.1, 0.15) is 59.8 Å². The molecule has 2 amide bonds. The molecule has 1 N–H and O–H groups in total. The second-order valence-corrected chi connectivity index (χ2v) is 12.8. The van der Waals surface area contributed by atoms with Crippen molar-refractivity contribution >= 4 is 17.7 Å². The van der Waals surface area contributed by atoms with Gasteiger partial charge in [-0.1, -0.05) is 6.07 Å². The maximum atomic E-state index is 12.8. The first-order valence-electron chi connectivity index (χ1n) is 16.2. The number of hydrogen-bond donors (Lipinski definition) is 1. The smallest absolute Gasteiger partial charge is 0.318 e. The van der Waals surface area contributed by atoms with Gasteiger partial charge in [-0.2, -0.15) is 0 Å². The third-order valence-electron chi connectivity index (χ3n) is 9.17. The minimum atomic E-state index is 0.0958. The normalized spacial score (nSPS) is 22.0. The summed E-state index contributed by atoms with van der Waals surface area (Å²) in [5.74, 6) is 2.83. The molecule has 0 radical (unpaired) electrons. The van der Waals surface area contributed by atoms with Gasteiger partial charge in [-0.25, -0.2) is 9.78 Å². The lowest BCUT2D eigenvalue weighted by Crippen LogP contribution is -2.51. The number of carbonyl (C=O) groups excluding carboxylic acids is 1. The van der Waals surface area contributed by atoms with Gasteiger partial charge >= 0.3 is 6.03 Å². The molecule has 0 unspecified atom stereocenters. The number of urea groups is 1. The average molecular weight is 578 g/mol. The van der Waals surface area contributed by atoms with Gasteiger partial charge < -0.3 is 24.8 Å². The Morgan fingerprint density at radius 1 is 0.929 bits per heavy atom. The fourth-order valence-corrected chi connectivity index (χ4v) is 6.78. The molecule has 5 rings (SSSR count). The summed E-state index contributed by atoms with van der Waals surface area (Å²) in [6, 6.07) is 11.3. The maximum absolute atomic E-state index is 12.8. The summed E-state index contributed by atoms with van der Waals surface area (Å²) in [5, 5.41) is 3.32. The standard InChI is InChI=1S/C33H51N7O2/c1-25(2)40(26(3)4)33(41)35-29-10-8-27(9-11-29)12-14-37-15-17-38(18-16-37)31-23-28(30-7-5-6-13-34-30)24-32(36-31)39-19-21-42-22-20-39/h5-7,13,23-27,29H,8-12,14-22H2,1-4H3,(H,35,41)/t27-,29-. The number of hydrogen-bond acceptors (Lipinski definition) is 7. The molecule has 2 aromatic rings. The van der Waals surface area contributed by atoms with Crippen LogP contribution in [0.2, 0.25) is 0 Å². The van der Waals surface area contributed by atoms with Crippen LogP contribution in [0.5, 0.6) is 0 Å². The topological polar surface area (TPSA) is 77.1 Å². The molecule has 42 heavy (non-hydrogen) atoms. The van der Waals surface area contributed by atoms with Crippen LogP contribution in [0.15, 0.2) is 36.5 Å². The van der Waals surface area contributed by atoms with Crippen molar-refractivity contribution in [2.45, 2.75) is 77.9 Å². The van der Waals surface area contributed by atoms with Gasteiger partial charge in [0.05, 0.1) is 18.9 Å². The maximum Gasteiger partial charge on any atom is 0.318 e. The lowest BCUT2D eigenvalue weighted by molar-refractivity contribution is 0.122. The number of amides is 2. The molecular weight excluding hydrogens is 526 g/mol. The Kier molecular flexibility index (Phi) is 10.6. The van der Waals surface area contributed by atoms with E-state index in [1.54, 1.807) is 0 Å². The molecule has 1 aliphatic carbocycles. The molecule has 4 heterocycles. The molecule has 230 valence electrons. The number of nitrogens with one attached hydrogen (secondary N) is 1. The Bertz CT molecular complexity index is 1110. The molecule has 2 aromatic heterocycles. The highest BCUT2D eigenvalue weighted by Gasteiger charge is 2.27. The van der Waals surface area contributed by atoms with Crippen LogP contribution in [-0.2, 0) is 4.74 Å². The minimum Gasteiger partial charge on any atom is -0.378 e. The highest BCUT2D eigenvalue weighted by Crippen LogP contribution is 2.30. The van der Waals surface area contributed by atoms with Crippen molar-refractivity contribution in [1.82, 2.24) is 25.1 Å². The second kappa shape index (κ2) is 14.5. The van der Waals surface area contributed by atoms with Gasteiger partial charge in [0, 0.05) is 69.2 Å². The summed E-state index contributed by atoms with van der Waals surface area (Å²) < 4.78 is 5.59. The van der Waals surface area contributed by atoms with Gasteiger partial charge in [0.15, 0.2) is 0 Å². The Labute approximate surface area is 252 Å². The number of piperazine rings is 1. The van der Waals surface area contributed by atoms with E-state index in [2.05, 4.69) is 70.9 Å². The summed E-state index contributed by atoms with van der Waals surface area (Å²) in [5.41, 5.74) is 2.11. The molecule has 9 heteroatoms. The third-order valence-corrected chi connectivity index (χ3v) is 9.17. The number of pyridine rings is 2. The molecule has 2 saturated heterocycles. The first-order chi connectivity index (χ1) is 20.4. The Morgan fingerprint density at radius 3 is 2.17 bits per heavy atom. The highest BCUT2D eigenvalue weighted by atomic mass is 16.5. The number of nitrogens with zero attached hydrogens (tertiary/aromatic N) is 6. The Hall–Kier alpha value is -2.91. The van der Waals surface area contributed by atoms with E-state index in [1.807, 2.05) is 23.2 Å². The molecule has 2 aliphatic heterocycles. The van der Waals surface area contributed by atoms with Crippen molar-refractivity contribution in [2.24, 2.45) is 5.92 Å². The summed E-state index contributed by atoms with van der Waals surface area (Å²) in [7, 11) is 0. The third kappa shape index (κ3) is 7.92. The Balaban J connectivity index is 1.10.